The summed E-state index contributed by atoms with van der Waals surface area (Å²) in [4.78, 5) is 39.0. The molecule has 6 nitrogen and oxygen atoms in total. The molecule has 2 aliphatic rings. The molecule has 1 aliphatic heterocycles. The van der Waals surface area contributed by atoms with Gasteiger partial charge in [0.25, 0.3) is 5.91 Å². The van der Waals surface area contributed by atoms with E-state index in [4.69, 9.17) is 0 Å². The number of carbonyl (C=O) groups excluding carboxylic acids is 3. The second-order valence-corrected chi connectivity index (χ2v) is 8.58. The quantitative estimate of drug-likeness (QED) is 0.614. The van der Waals surface area contributed by atoms with Crippen LogP contribution < -0.4 is 10.6 Å². The van der Waals surface area contributed by atoms with Crippen molar-refractivity contribution in [3.8, 4) is 0 Å². The summed E-state index contributed by atoms with van der Waals surface area (Å²) in [5, 5.41) is 4.60. The molecule has 3 amide bonds. The summed E-state index contributed by atoms with van der Waals surface area (Å²) >= 11 is 0. The third-order valence-electron chi connectivity index (χ3n) is 5.99. The molecule has 1 saturated heterocycles. The molecule has 2 N–H and O–H groups in total. The van der Waals surface area contributed by atoms with Crippen LogP contribution in [0.5, 0.6) is 0 Å². The summed E-state index contributed by atoms with van der Waals surface area (Å²) in [5.74, 6) is -2.90. The number of hydrogen-bond acceptors (Lipinski definition) is 3. The van der Waals surface area contributed by atoms with Gasteiger partial charge in [-0.15, -0.1) is 0 Å². The lowest BCUT2D eigenvalue weighted by atomic mass is 9.96. The van der Waals surface area contributed by atoms with Gasteiger partial charge in [-0.05, 0) is 56.0 Å². The van der Waals surface area contributed by atoms with Gasteiger partial charge in [0.05, 0.1) is 22.7 Å². The summed E-state index contributed by atoms with van der Waals surface area (Å²) in [6.45, 7) is 0.725. The number of anilines is 2. The van der Waals surface area contributed by atoms with E-state index in [-0.39, 0.29) is 29.6 Å². The van der Waals surface area contributed by atoms with Crippen molar-refractivity contribution in [1.29, 1.82) is 0 Å². The molecule has 1 atom stereocenters. The fourth-order valence-corrected chi connectivity index (χ4v) is 4.02. The highest BCUT2D eigenvalue weighted by atomic mass is 19.4. The number of amides is 3. The molecule has 2 aromatic carbocycles. The van der Waals surface area contributed by atoms with E-state index >= 15 is 0 Å². The van der Waals surface area contributed by atoms with Crippen molar-refractivity contribution in [2.75, 3.05) is 23.7 Å². The van der Waals surface area contributed by atoms with E-state index < -0.39 is 41.0 Å². The molecule has 0 spiro atoms. The van der Waals surface area contributed by atoms with Gasteiger partial charge in [-0.1, -0.05) is 12.1 Å². The van der Waals surface area contributed by atoms with Crippen LogP contribution in [0.3, 0.4) is 0 Å². The molecular weight excluding hydrogens is 454 g/mol. The Kier molecular flexibility index (Phi) is 6.58. The summed E-state index contributed by atoms with van der Waals surface area (Å²) in [5.41, 5.74) is -2.10. The smallest absolute Gasteiger partial charge is 0.342 e. The topological polar surface area (TPSA) is 78.5 Å². The van der Waals surface area contributed by atoms with E-state index in [1.54, 1.807) is 4.90 Å². The van der Waals surface area contributed by atoms with Crippen LogP contribution in [-0.4, -0.2) is 35.7 Å². The van der Waals surface area contributed by atoms with Crippen molar-refractivity contribution in [3.63, 3.8) is 0 Å². The van der Waals surface area contributed by atoms with Crippen LogP contribution in [0.25, 0.3) is 0 Å². The lowest BCUT2D eigenvalue weighted by Crippen LogP contribution is -2.44. The first-order chi connectivity index (χ1) is 16.1. The summed E-state index contributed by atoms with van der Waals surface area (Å²) in [7, 11) is 0. The third kappa shape index (κ3) is 5.37. The molecule has 4 rings (SSSR count). The maximum atomic E-state index is 13.8. The van der Waals surface area contributed by atoms with Crippen LogP contribution in [0.15, 0.2) is 42.5 Å². The van der Waals surface area contributed by atoms with Crippen LogP contribution in [-0.2, 0) is 15.8 Å². The number of nitrogens with zero attached hydrogens (tertiary/aromatic N) is 1. The van der Waals surface area contributed by atoms with Crippen LogP contribution in [0.1, 0.15) is 41.6 Å². The summed E-state index contributed by atoms with van der Waals surface area (Å²) in [6.07, 6.45) is -2.08. The first kappa shape index (κ1) is 23.7. The molecule has 180 valence electrons. The van der Waals surface area contributed by atoms with Crippen molar-refractivity contribution in [3.05, 3.63) is 59.4 Å². The predicted molar refractivity (Wildman–Crippen MR) is 116 cm³/mol. The lowest BCUT2D eigenvalue weighted by molar-refractivity contribution is -0.137. The van der Waals surface area contributed by atoms with E-state index in [1.165, 1.54) is 24.3 Å². The van der Waals surface area contributed by atoms with Gasteiger partial charge in [-0.2, -0.15) is 13.2 Å². The molecule has 34 heavy (non-hydrogen) atoms. The van der Waals surface area contributed by atoms with Crippen LogP contribution >= 0.6 is 0 Å². The van der Waals surface area contributed by atoms with Gasteiger partial charge in [0.1, 0.15) is 5.82 Å². The highest BCUT2D eigenvalue weighted by Gasteiger charge is 2.38. The van der Waals surface area contributed by atoms with Crippen LogP contribution in [0.2, 0.25) is 0 Å². The second-order valence-electron chi connectivity index (χ2n) is 8.58. The van der Waals surface area contributed by atoms with E-state index in [2.05, 4.69) is 10.6 Å². The minimum absolute atomic E-state index is 0.00317. The van der Waals surface area contributed by atoms with E-state index in [0.717, 1.165) is 25.0 Å². The van der Waals surface area contributed by atoms with Crippen LogP contribution in [0.4, 0.5) is 28.9 Å². The Morgan fingerprint density at radius 1 is 0.941 bits per heavy atom. The number of benzene rings is 2. The van der Waals surface area contributed by atoms with E-state index in [0.29, 0.717) is 25.5 Å². The standard InChI is InChI=1S/C24H23F4N3O3/c25-19-6-2-1-5-17(19)22(33)29-16-9-10-20(18(12-16)24(26,27)28)30-21(32)15-4-3-11-31(13-15)23(34)14-7-8-14/h1-2,5-6,9-10,12,14-15H,3-4,7-8,11,13H2,(H,29,33)(H,30,32). The number of hydrogen-bond donors (Lipinski definition) is 2. The molecule has 2 aromatic rings. The van der Waals surface area contributed by atoms with Crippen molar-refractivity contribution in [2.24, 2.45) is 11.8 Å². The number of nitrogens with one attached hydrogen (secondary N) is 2. The zero-order chi connectivity index (χ0) is 24.5. The second kappa shape index (κ2) is 9.44. The molecule has 1 heterocycles. The molecule has 10 heteroatoms. The molecule has 1 saturated carbocycles. The minimum Gasteiger partial charge on any atom is -0.342 e. The SMILES string of the molecule is O=C(Nc1ccc(NC(=O)C2CCCN(C(=O)C3CC3)C2)c(C(F)(F)F)c1)c1ccccc1F. The highest BCUT2D eigenvalue weighted by Crippen LogP contribution is 2.37. The fourth-order valence-electron chi connectivity index (χ4n) is 4.02. The summed E-state index contributed by atoms with van der Waals surface area (Å²) in [6, 6.07) is 8.05. The predicted octanol–water partition coefficient (Wildman–Crippen LogP) is 4.68. The highest BCUT2D eigenvalue weighted by molar-refractivity contribution is 6.04. The number of likely N-dealkylation sites (tertiary alicyclic amines) is 1. The van der Waals surface area contributed by atoms with Gasteiger partial charge >= 0.3 is 6.18 Å². The Bertz CT molecular complexity index is 1110. The maximum absolute atomic E-state index is 13.8. The molecule has 0 aromatic heterocycles. The van der Waals surface area contributed by atoms with Gasteiger partial charge in [0.2, 0.25) is 11.8 Å². The molecule has 1 unspecified atom stereocenters. The summed E-state index contributed by atoms with van der Waals surface area (Å²) < 4.78 is 55.0. The molecular formula is C24H23F4N3O3. The van der Waals surface area contributed by atoms with Gasteiger partial charge < -0.3 is 15.5 Å². The van der Waals surface area contributed by atoms with Gasteiger partial charge in [-0.3, -0.25) is 14.4 Å². The molecule has 1 aliphatic carbocycles. The fraction of sp³-hybridized carbons (Fsp3) is 0.375. The van der Waals surface area contributed by atoms with Crippen LogP contribution in [0, 0.1) is 17.7 Å². The Balaban J connectivity index is 1.49. The van der Waals surface area contributed by atoms with Gasteiger partial charge in [0.15, 0.2) is 0 Å². The molecule has 0 bridgehead atoms. The zero-order valence-corrected chi connectivity index (χ0v) is 18.1. The van der Waals surface area contributed by atoms with Crippen molar-refractivity contribution in [2.45, 2.75) is 31.9 Å². The Morgan fingerprint density at radius 2 is 1.68 bits per heavy atom. The van der Waals surface area contributed by atoms with Gasteiger partial charge in [-0.25, -0.2) is 4.39 Å². The molecule has 0 radical (unpaired) electrons. The molecule has 2 fully saturated rings. The van der Waals surface area contributed by atoms with Crippen molar-refractivity contribution >= 4 is 29.1 Å². The normalized spacial score (nSPS) is 18.4. The number of carbonyl (C=O) groups is 3. The average Bonchev–Trinajstić information content (AvgIpc) is 3.64. The number of rotatable bonds is 5. The Morgan fingerprint density at radius 3 is 2.35 bits per heavy atom. The van der Waals surface area contributed by atoms with Crippen molar-refractivity contribution < 1.29 is 31.9 Å². The first-order valence-electron chi connectivity index (χ1n) is 11.0. The van der Waals surface area contributed by atoms with E-state index in [9.17, 15) is 31.9 Å². The largest absolute Gasteiger partial charge is 0.418 e. The Hall–Kier alpha value is -3.43. The number of alkyl halides is 3. The third-order valence-corrected chi connectivity index (χ3v) is 5.99. The maximum Gasteiger partial charge on any atom is 0.418 e. The number of halogens is 4. The minimum atomic E-state index is -4.82. The number of piperidine rings is 1. The van der Waals surface area contributed by atoms with Gasteiger partial charge in [0, 0.05) is 24.7 Å². The zero-order valence-electron chi connectivity index (χ0n) is 18.1. The monoisotopic (exact) mass is 477 g/mol. The Labute approximate surface area is 193 Å². The lowest BCUT2D eigenvalue weighted by Gasteiger charge is -2.32. The van der Waals surface area contributed by atoms with Crippen molar-refractivity contribution in [1.82, 2.24) is 4.90 Å². The first-order valence-corrected chi connectivity index (χ1v) is 11.0. The average molecular weight is 477 g/mol. The van der Waals surface area contributed by atoms with E-state index in [1.807, 2.05) is 0 Å².